The number of nitrogens with one attached hydrogen (secondary N) is 1. The highest BCUT2D eigenvalue weighted by atomic mass is 16.5. The lowest BCUT2D eigenvalue weighted by atomic mass is 10.1. The second kappa shape index (κ2) is 10.6. The fraction of sp³-hybridized carbons (Fsp3) is 0.185. The number of furan rings is 1. The number of rotatable bonds is 10. The number of fused-ring (bicyclic) bond motifs is 1. The molecule has 0 atom stereocenters. The van der Waals surface area contributed by atoms with Gasteiger partial charge in [0.25, 0.3) is 5.91 Å². The third-order valence-electron chi connectivity index (χ3n) is 5.44. The van der Waals surface area contributed by atoms with Gasteiger partial charge in [-0.05, 0) is 60.5 Å². The average Bonchev–Trinajstić information content (AvgIpc) is 3.27. The van der Waals surface area contributed by atoms with Crippen LogP contribution in [0.2, 0.25) is 0 Å². The van der Waals surface area contributed by atoms with Crippen LogP contribution in [0.15, 0.2) is 77.2 Å². The number of benzene rings is 3. The molecule has 7 heteroatoms. The molecule has 1 aromatic heterocycles. The second-order valence-electron chi connectivity index (χ2n) is 7.92. The number of carbonyl (C=O) groups excluding carboxylic acids is 2. The smallest absolute Gasteiger partial charge is 0.255 e. The third-order valence-corrected chi connectivity index (χ3v) is 5.44. The zero-order valence-corrected chi connectivity index (χ0v) is 19.0. The number of para-hydroxylation sites is 2. The molecule has 0 aliphatic carbocycles. The van der Waals surface area contributed by atoms with E-state index in [-0.39, 0.29) is 12.5 Å². The van der Waals surface area contributed by atoms with Crippen LogP contribution in [0.3, 0.4) is 0 Å². The van der Waals surface area contributed by atoms with E-state index in [0.29, 0.717) is 35.1 Å². The molecule has 2 amide bonds. The molecule has 34 heavy (non-hydrogen) atoms. The molecule has 3 aromatic carbocycles. The Morgan fingerprint density at radius 3 is 2.62 bits per heavy atom. The first kappa shape index (κ1) is 22.9. The summed E-state index contributed by atoms with van der Waals surface area (Å²) in [5.74, 6) is 0.813. The van der Waals surface area contributed by atoms with E-state index in [2.05, 4.69) is 18.3 Å². The van der Waals surface area contributed by atoms with Crippen LogP contribution in [0.4, 0.5) is 17.3 Å². The summed E-state index contributed by atoms with van der Waals surface area (Å²) in [6, 6.07) is 21.8. The first-order chi connectivity index (χ1) is 16.6. The minimum atomic E-state index is -0.261. The number of nitrogens with zero attached hydrogens (tertiary/aromatic N) is 1. The summed E-state index contributed by atoms with van der Waals surface area (Å²) >= 11 is 0. The van der Waals surface area contributed by atoms with Crippen molar-refractivity contribution in [2.75, 3.05) is 29.1 Å². The van der Waals surface area contributed by atoms with Gasteiger partial charge in [-0.15, -0.1) is 0 Å². The quantitative estimate of drug-likeness (QED) is 0.250. The minimum Gasteiger partial charge on any atom is -0.492 e. The Bertz CT molecular complexity index is 1280. The topological polar surface area (TPSA) is 97.8 Å². The molecule has 0 unspecified atom stereocenters. The van der Waals surface area contributed by atoms with Gasteiger partial charge in [-0.2, -0.15) is 0 Å². The van der Waals surface area contributed by atoms with Gasteiger partial charge in [0.15, 0.2) is 0 Å². The zero-order chi connectivity index (χ0) is 23.9. The van der Waals surface area contributed by atoms with Gasteiger partial charge in [0.2, 0.25) is 12.3 Å². The summed E-state index contributed by atoms with van der Waals surface area (Å²) in [5.41, 5.74) is 9.41. The van der Waals surface area contributed by atoms with E-state index < -0.39 is 0 Å². The van der Waals surface area contributed by atoms with Crippen molar-refractivity contribution >= 4 is 40.5 Å². The summed E-state index contributed by atoms with van der Waals surface area (Å²) in [6.07, 6.45) is 2.81. The molecule has 0 spiro atoms. The summed E-state index contributed by atoms with van der Waals surface area (Å²) in [4.78, 5) is 25.6. The molecule has 7 nitrogen and oxygen atoms in total. The fourth-order valence-corrected chi connectivity index (χ4v) is 3.65. The van der Waals surface area contributed by atoms with E-state index in [1.54, 1.807) is 48.5 Å². The highest BCUT2D eigenvalue weighted by Crippen LogP contribution is 2.27. The van der Waals surface area contributed by atoms with Gasteiger partial charge < -0.3 is 20.2 Å². The molecule has 0 radical (unpaired) electrons. The molecule has 4 aromatic rings. The number of nitrogens with two attached hydrogens (primary N) is 1. The Balaban J connectivity index is 1.33. The molecular weight excluding hydrogens is 430 g/mol. The zero-order valence-electron chi connectivity index (χ0n) is 19.0. The fourth-order valence-electron chi connectivity index (χ4n) is 3.65. The second-order valence-corrected chi connectivity index (χ2v) is 7.92. The van der Waals surface area contributed by atoms with Crippen LogP contribution in [0.5, 0.6) is 5.75 Å². The summed E-state index contributed by atoms with van der Waals surface area (Å²) in [7, 11) is 0. The van der Waals surface area contributed by atoms with E-state index in [4.69, 9.17) is 14.9 Å². The molecule has 0 saturated heterocycles. The standard InChI is InChI=1S/C27H27N3O4/c1-2-5-19-8-13-25-21(16-19)17-26(34-25)30(18-31)14-15-33-22-11-9-20(10-12-22)27(32)29-24-7-4-3-6-23(24)28/h3-4,6-13,16-18H,2,5,14-15,28H2,1H3,(H,29,32). The lowest BCUT2D eigenvalue weighted by Crippen LogP contribution is -2.26. The number of amides is 2. The maximum atomic E-state index is 12.4. The first-order valence-corrected chi connectivity index (χ1v) is 11.2. The predicted octanol–water partition coefficient (Wildman–Crippen LogP) is 5.26. The molecule has 0 fully saturated rings. The van der Waals surface area contributed by atoms with Crippen LogP contribution in [0, 0.1) is 0 Å². The molecule has 0 aliphatic rings. The number of hydrogen-bond donors (Lipinski definition) is 2. The van der Waals surface area contributed by atoms with Gasteiger partial charge in [-0.3, -0.25) is 14.5 Å². The number of carbonyl (C=O) groups is 2. The number of hydrogen-bond acceptors (Lipinski definition) is 5. The van der Waals surface area contributed by atoms with Crippen LogP contribution in [0.1, 0.15) is 29.3 Å². The van der Waals surface area contributed by atoms with Gasteiger partial charge in [-0.25, -0.2) is 0 Å². The van der Waals surface area contributed by atoms with Crippen molar-refractivity contribution in [3.05, 3.63) is 83.9 Å². The molecule has 3 N–H and O–H groups in total. The van der Waals surface area contributed by atoms with Crippen molar-refractivity contribution in [1.29, 1.82) is 0 Å². The molecular formula is C27H27N3O4. The van der Waals surface area contributed by atoms with Gasteiger partial charge in [0.1, 0.15) is 17.9 Å². The van der Waals surface area contributed by atoms with Crippen molar-refractivity contribution in [2.24, 2.45) is 0 Å². The van der Waals surface area contributed by atoms with Crippen molar-refractivity contribution in [3.63, 3.8) is 0 Å². The molecule has 4 rings (SSSR count). The Morgan fingerprint density at radius 2 is 1.88 bits per heavy atom. The highest BCUT2D eigenvalue weighted by Gasteiger charge is 2.13. The molecule has 0 saturated carbocycles. The maximum absolute atomic E-state index is 12.4. The summed E-state index contributed by atoms with van der Waals surface area (Å²) in [5, 5.41) is 3.76. The Morgan fingerprint density at radius 1 is 1.09 bits per heavy atom. The largest absolute Gasteiger partial charge is 0.492 e. The molecule has 1 heterocycles. The van der Waals surface area contributed by atoms with E-state index in [0.717, 1.165) is 30.2 Å². The Kier molecular flexibility index (Phi) is 7.13. The molecule has 174 valence electrons. The first-order valence-electron chi connectivity index (χ1n) is 11.2. The van der Waals surface area contributed by atoms with Crippen LogP contribution >= 0.6 is 0 Å². The van der Waals surface area contributed by atoms with Crippen LogP contribution in [-0.2, 0) is 11.2 Å². The molecule has 0 bridgehead atoms. The SMILES string of the molecule is CCCc1ccc2oc(N(C=O)CCOc3ccc(C(=O)Nc4ccccc4N)cc3)cc2c1. The number of aryl methyl sites for hydroxylation is 1. The van der Waals surface area contributed by atoms with E-state index in [9.17, 15) is 9.59 Å². The van der Waals surface area contributed by atoms with Gasteiger partial charge in [-0.1, -0.05) is 31.5 Å². The normalized spacial score (nSPS) is 10.7. The lowest BCUT2D eigenvalue weighted by molar-refractivity contribution is -0.107. The van der Waals surface area contributed by atoms with Crippen molar-refractivity contribution in [3.8, 4) is 5.75 Å². The minimum absolute atomic E-state index is 0.261. The Hall–Kier alpha value is -4.26. The van der Waals surface area contributed by atoms with Gasteiger partial charge in [0.05, 0.1) is 17.9 Å². The van der Waals surface area contributed by atoms with Crippen molar-refractivity contribution < 1.29 is 18.7 Å². The maximum Gasteiger partial charge on any atom is 0.255 e. The van der Waals surface area contributed by atoms with Crippen LogP contribution in [-0.4, -0.2) is 25.5 Å². The number of anilines is 3. The van der Waals surface area contributed by atoms with Gasteiger partial charge in [0, 0.05) is 17.0 Å². The van der Waals surface area contributed by atoms with E-state index in [1.807, 2.05) is 18.2 Å². The highest BCUT2D eigenvalue weighted by molar-refractivity contribution is 6.05. The van der Waals surface area contributed by atoms with E-state index >= 15 is 0 Å². The van der Waals surface area contributed by atoms with Gasteiger partial charge >= 0.3 is 0 Å². The van der Waals surface area contributed by atoms with Crippen LogP contribution in [0.25, 0.3) is 11.0 Å². The Labute approximate surface area is 198 Å². The summed E-state index contributed by atoms with van der Waals surface area (Å²) < 4.78 is 11.6. The monoisotopic (exact) mass is 457 g/mol. The number of ether oxygens (including phenoxy) is 1. The summed E-state index contributed by atoms with van der Waals surface area (Å²) in [6.45, 7) is 2.73. The predicted molar refractivity (Wildman–Crippen MR) is 134 cm³/mol. The van der Waals surface area contributed by atoms with E-state index in [1.165, 1.54) is 10.5 Å². The van der Waals surface area contributed by atoms with Crippen LogP contribution < -0.4 is 20.7 Å². The lowest BCUT2D eigenvalue weighted by Gasteiger charge is -2.14. The van der Waals surface area contributed by atoms with Crippen molar-refractivity contribution in [2.45, 2.75) is 19.8 Å². The number of nitrogen functional groups attached to an aromatic ring is 1. The average molecular weight is 458 g/mol. The third kappa shape index (κ3) is 5.38. The van der Waals surface area contributed by atoms with Crippen molar-refractivity contribution in [1.82, 2.24) is 0 Å². The molecule has 0 aliphatic heterocycles.